The maximum absolute atomic E-state index is 17.5. The summed E-state index contributed by atoms with van der Waals surface area (Å²) in [6.07, 6.45) is 5.65. The zero-order valence-corrected chi connectivity index (χ0v) is 27.1. The molecule has 8 atom stereocenters. The van der Waals surface area contributed by atoms with Gasteiger partial charge in [-0.2, -0.15) is 11.8 Å². The third-order valence-corrected chi connectivity index (χ3v) is 11.4. The monoisotopic (exact) mass is 670 g/mol. The Bertz CT molecular complexity index is 1190. The molecule has 0 aromatic heterocycles. The first-order valence-electron chi connectivity index (χ1n) is 13.4. The van der Waals surface area contributed by atoms with Gasteiger partial charge < -0.3 is 14.6 Å². The fourth-order valence-electron chi connectivity index (χ4n) is 8.14. The van der Waals surface area contributed by atoms with Gasteiger partial charge in [-0.1, -0.05) is 60.3 Å². The SMILES string of the molecule is CSCC(=O)O[C@]1(C(=O)CSC(=O)OCC(Cl)(Cl)Cl)[C@@H](C)C[C@H]2[C@@H]3CCC4=CC(=O)C=C[C@]4(C)[C@@]3(F)[C@@H](O)C[C@@]21C. The number of hydrogen-bond acceptors (Lipinski definition) is 9. The summed E-state index contributed by atoms with van der Waals surface area (Å²) >= 11 is 18.7. The average molecular weight is 672 g/mol. The number of esters is 1. The van der Waals surface area contributed by atoms with Crippen LogP contribution in [0.25, 0.3) is 0 Å². The molecule has 41 heavy (non-hydrogen) atoms. The van der Waals surface area contributed by atoms with Gasteiger partial charge in [0.25, 0.3) is 0 Å². The topological polar surface area (TPSA) is 107 Å². The van der Waals surface area contributed by atoms with Gasteiger partial charge in [0.15, 0.2) is 22.8 Å². The summed E-state index contributed by atoms with van der Waals surface area (Å²) in [6, 6.07) is 0. The van der Waals surface area contributed by atoms with Crippen molar-refractivity contribution in [2.75, 3.05) is 24.4 Å². The van der Waals surface area contributed by atoms with E-state index in [0.717, 1.165) is 0 Å². The maximum Gasteiger partial charge on any atom is 0.367 e. The predicted molar refractivity (Wildman–Crippen MR) is 159 cm³/mol. The Morgan fingerprint density at radius 3 is 2.51 bits per heavy atom. The highest BCUT2D eigenvalue weighted by molar-refractivity contribution is 8.13. The summed E-state index contributed by atoms with van der Waals surface area (Å²) in [6.45, 7) is 4.78. The van der Waals surface area contributed by atoms with E-state index in [9.17, 15) is 24.3 Å². The summed E-state index contributed by atoms with van der Waals surface area (Å²) in [5.41, 5.74) is -5.50. The molecule has 0 bridgehead atoms. The number of thioether (sulfide) groups is 2. The lowest BCUT2D eigenvalue weighted by Crippen LogP contribution is -2.70. The molecule has 0 aromatic rings. The summed E-state index contributed by atoms with van der Waals surface area (Å²) in [5.74, 6) is -3.37. The lowest BCUT2D eigenvalue weighted by Gasteiger charge is -2.62. The van der Waals surface area contributed by atoms with Crippen molar-refractivity contribution in [2.45, 2.75) is 67.6 Å². The number of aliphatic hydroxyl groups is 1. The lowest BCUT2D eigenvalue weighted by atomic mass is 9.44. The van der Waals surface area contributed by atoms with Gasteiger partial charge in [-0.05, 0) is 68.7 Å². The molecule has 4 aliphatic rings. The zero-order chi connectivity index (χ0) is 30.6. The zero-order valence-electron chi connectivity index (χ0n) is 23.2. The van der Waals surface area contributed by atoms with Crippen molar-refractivity contribution in [3.8, 4) is 0 Å². The van der Waals surface area contributed by atoms with Crippen LogP contribution < -0.4 is 0 Å². The average Bonchev–Trinajstić information content (AvgIpc) is 3.09. The second-order valence-electron chi connectivity index (χ2n) is 11.9. The Kier molecular flexibility index (Phi) is 9.39. The van der Waals surface area contributed by atoms with E-state index < -0.39 is 79.2 Å². The first-order valence-corrected chi connectivity index (χ1v) is 16.9. The van der Waals surface area contributed by atoms with Gasteiger partial charge in [0.1, 0.15) is 6.61 Å². The molecule has 1 N–H and O–H groups in total. The maximum atomic E-state index is 17.5. The van der Waals surface area contributed by atoms with Crippen molar-refractivity contribution in [1.82, 2.24) is 0 Å². The molecule has 0 saturated heterocycles. The molecular weight excluding hydrogens is 638 g/mol. The molecule has 0 aromatic carbocycles. The van der Waals surface area contributed by atoms with Crippen molar-refractivity contribution in [3.63, 3.8) is 0 Å². The van der Waals surface area contributed by atoms with E-state index in [1.54, 1.807) is 33.1 Å². The smallest absolute Gasteiger partial charge is 0.367 e. The molecule has 4 aliphatic carbocycles. The first-order chi connectivity index (χ1) is 19.0. The lowest BCUT2D eigenvalue weighted by molar-refractivity contribution is -0.226. The Morgan fingerprint density at radius 1 is 1.20 bits per heavy atom. The van der Waals surface area contributed by atoms with E-state index in [0.29, 0.717) is 36.6 Å². The highest BCUT2D eigenvalue weighted by Gasteiger charge is 2.77. The van der Waals surface area contributed by atoms with Crippen LogP contribution in [0.5, 0.6) is 0 Å². The van der Waals surface area contributed by atoms with E-state index in [4.69, 9.17) is 44.3 Å². The van der Waals surface area contributed by atoms with Gasteiger partial charge in [0, 0.05) is 22.7 Å². The highest BCUT2D eigenvalue weighted by Crippen LogP contribution is 2.71. The third-order valence-electron chi connectivity index (χ3n) is 9.81. The third kappa shape index (κ3) is 5.41. The molecule has 3 fully saturated rings. The molecule has 13 heteroatoms. The van der Waals surface area contributed by atoms with Crippen LogP contribution in [-0.4, -0.2) is 73.5 Å². The summed E-state index contributed by atoms with van der Waals surface area (Å²) < 4.78 is 26.7. The van der Waals surface area contributed by atoms with Crippen molar-refractivity contribution >= 4 is 81.2 Å². The van der Waals surface area contributed by atoms with Crippen molar-refractivity contribution in [1.29, 1.82) is 0 Å². The van der Waals surface area contributed by atoms with E-state index >= 15 is 4.39 Å². The van der Waals surface area contributed by atoms with Gasteiger partial charge >= 0.3 is 11.3 Å². The molecule has 0 unspecified atom stereocenters. The minimum absolute atomic E-state index is 0.00892. The molecule has 3 saturated carbocycles. The number of halogens is 4. The number of alkyl halides is 4. The second-order valence-corrected chi connectivity index (χ2v) is 16.2. The number of Topliss-reactive ketones (excluding diaryl/α,β-unsaturated/α-hetero) is 1. The number of fused-ring (bicyclic) bond motifs is 5. The number of carbonyl (C=O) groups is 4. The van der Waals surface area contributed by atoms with Crippen LogP contribution in [0.15, 0.2) is 23.8 Å². The van der Waals surface area contributed by atoms with Crippen LogP contribution in [0.1, 0.15) is 46.5 Å². The van der Waals surface area contributed by atoms with Crippen molar-refractivity contribution < 1.29 is 38.1 Å². The molecule has 7 nitrogen and oxygen atoms in total. The van der Waals surface area contributed by atoms with Gasteiger partial charge in [-0.25, -0.2) is 9.18 Å². The van der Waals surface area contributed by atoms with Crippen LogP contribution in [-0.2, 0) is 23.9 Å². The minimum Gasteiger partial charge on any atom is -0.453 e. The second kappa shape index (κ2) is 11.6. The van der Waals surface area contributed by atoms with Gasteiger partial charge in [-0.3, -0.25) is 14.4 Å². The number of ether oxygens (including phenoxy) is 2. The molecule has 0 aliphatic heterocycles. The highest BCUT2D eigenvalue weighted by atomic mass is 35.6. The Balaban J connectivity index is 1.71. The molecule has 0 amide bonds. The van der Waals surface area contributed by atoms with Crippen LogP contribution in [0, 0.1) is 28.6 Å². The van der Waals surface area contributed by atoms with E-state index in [1.165, 1.54) is 23.9 Å². The largest absolute Gasteiger partial charge is 0.453 e. The quantitative estimate of drug-likeness (QED) is 0.255. The molecule has 0 heterocycles. The number of allylic oxidation sites excluding steroid dienone is 4. The van der Waals surface area contributed by atoms with Gasteiger partial charge in [-0.15, -0.1) is 0 Å². The summed E-state index contributed by atoms with van der Waals surface area (Å²) in [7, 11) is 0. The number of carbonyl (C=O) groups excluding carboxylic acids is 4. The fourth-order valence-corrected chi connectivity index (χ4v) is 9.20. The fraction of sp³-hybridized carbons (Fsp3) is 0.714. The van der Waals surface area contributed by atoms with Crippen LogP contribution >= 0.6 is 58.3 Å². The number of hydrogen-bond donors (Lipinski definition) is 1. The van der Waals surface area contributed by atoms with E-state index in [2.05, 4.69) is 0 Å². The standard InChI is InChI=1S/C28H34Cl3FO7S2/c1-15-9-19-18-6-5-16-10-17(33)7-8-24(16,2)27(18,32)20(34)11-25(19,3)28(15,39-22(36)13-40-4)21(35)12-41-23(37)38-14-26(29,30)31/h7-8,10,15,18-20,34H,5-6,9,11-14H2,1-4H3/t15-,18-,19-,20-,24-,25-,27-,28-/m0/s1. The van der Waals surface area contributed by atoms with Crippen LogP contribution in [0.2, 0.25) is 0 Å². The van der Waals surface area contributed by atoms with E-state index in [1.807, 2.05) is 0 Å². The number of rotatable bonds is 7. The Labute approximate surface area is 262 Å². The molecule has 0 spiro atoms. The molecule has 0 radical (unpaired) electrons. The van der Waals surface area contributed by atoms with Gasteiger partial charge in [0.05, 0.1) is 17.6 Å². The number of aliphatic hydroxyl groups excluding tert-OH is 1. The van der Waals surface area contributed by atoms with E-state index in [-0.39, 0.29) is 18.0 Å². The van der Waals surface area contributed by atoms with Crippen molar-refractivity contribution in [2.24, 2.45) is 28.6 Å². The number of ketones is 2. The first kappa shape index (κ1) is 33.1. The van der Waals surface area contributed by atoms with Crippen LogP contribution in [0.4, 0.5) is 9.18 Å². The normalized spacial score (nSPS) is 39.7. The Morgan fingerprint density at radius 2 is 1.88 bits per heavy atom. The summed E-state index contributed by atoms with van der Waals surface area (Å²) in [4.78, 5) is 51.6. The van der Waals surface area contributed by atoms with Crippen molar-refractivity contribution in [3.05, 3.63) is 23.8 Å². The van der Waals surface area contributed by atoms with Gasteiger partial charge in [0.2, 0.25) is 3.79 Å². The molecule has 4 rings (SSSR count). The predicted octanol–water partition coefficient (Wildman–Crippen LogP) is 6.06. The van der Waals surface area contributed by atoms with Crippen LogP contribution in [0.3, 0.4) is 0 Å². The summed E-state index contributed by atoms with van der Waals surface area (Å²) in [5, 5.41) is 10.8. The minimum atomic E-state index is -2.10. The Hall–Kier alpha value is -0.780. The molecule has 228 valence electrons. The molecular formula is C28H34Cl3FO7S2.